The van der Waals surface area contributed by atoms with Crippen LogP contribution in [0, 0.1) is 0 Å². The third-order valence-corrected chi connectivity index (χ3v) is 6.54. The van der Waals surface area contributed by atoms with Gasteiger partial charge in [0, 0.05) is 13.1 Å². The van der Waals surface area contributed by atoms with Crippen molar-refractivity contribution in [2.24, 2.45) is 0 Å². The molecule has 27 heavy (non-hydrogen) atoms. The molecule has 0 bridgehead atoms. The van der Waals surface area contributed by atoms with E-state index in [1.165, 1.54) is 48.0 Å². The predicted octanol–water partition coefficient (Wildman–Crippen LogP) is 2.57. The first kappa shape index (κ1) is 19.3. The lowest BCUT2D eigenvalue weighted by Gasteiger charge is -2.28. The first-order chi connectivity index (χ1) is 12.8. The average molecular weight is 387 g/mol. The summed E-state index contributed by atoms with van der Waals surface area (Å²) >= 11 is 0. The van der Waals surface area contributed by atoms with Crippen LogP contribution in [-0.4, -0.2) is 37.1 Å². The standard InChI is InChI=1S/C20H21NO5S/c1-14(22)15(2)26-20(23)17-7-9-19(10-8-17)27(24,25)21-12-11-16-5-3-4-6-18(16)13-21/h3-10,15H,11-13H2,1-2H3. The molecule has 0 N–H and O–H groups in total. The van der Waals surface area contributed by atoms with Gasteiger partial charge in [0.15, 0.2) is 11.9 Å². The molecule has 0 fully saturated rings. The fraction of sp³-hybridized carbons (Fsp3) is 0.300. The maximum Gasteiger partial charge on any atom is 0.338 e. The van der Waals surface area contributed by atoms with Gasteiger partial charge in [-0.25, -0.2) is 13.2 Å². The van der Waals surface area contributed by atoms with Gasteiger partial charge in [-0.05, 0) is 55.7 Å². The van der Waals surface area contributed by atoms with E-state index in [0.29, 0.717) is 19.5 Å². The van der Waals surface area contributed by atoms with Crippen molar-refractivity contribution in [3.63, 3.8) is 0 Å². The van der Waals surface area contributed by atoms with Crippen LogP contribution in [0.1, 0.15) is 35.3 Å². The number of ether oxygens (including phenoxy) is 1. The SMILES string of the molecule is CC(=O)C(C)OC(=O)c1ccc(S(=O)(=O)N2CCc3ccccc3C2)cc1. The van der Waals surface area contributed by atoms with Gasteiger partial charge in [-0.2, -0.15) is 4.31 Å². The number of carbonyl (C=O) groups excluding carboxylic acids is 2. The Labute approximate surface area is 158 Å². The maximum atomic E-state index is 12.9. The van der Waals surface area contributed by atoms with E-state index < -0.39 is 22.1 Å². The molecule has 0 aromatic heterocycles. The van der Waals surface area contributed by atoms with Crippen molar-refractivity contribution in [1.29, 1.82) is 0 Å². The van der Waals surface area contributed by atoms with Crippen molar-refractivity contribution in [3.05, 3.63) is 65.2 Å². The Kier molecular flexibility index (Phi) is 5.43. The van der Waals surface area contributed by atoms with Crippen molar-refractivity contribution in [2.75, 3.05) is 6.54 Å². The Hall–Kier alpha value is -2.51. The molecule has 1 aliphatic rings. The molecular weight excluding hydrogens is 366 g/mol. The number of nitrogens with zero attached hydrogens (tertiary/aromatic N) is 1. The second-order valence-corrected chi connectivity index (χ2v) is 8.48. The van der Waals surface area contributed by atoms with Crippen molar-refractivity contribution in [3.8, 4) is 0 Å². The van der Waals surface area contributed by atoms with Crippen molar-refractivity contribution in [1.82, 2.24) is 4.31 Å². The summed E-state index contributed by atoms with van der Waals surface area (Å²) in [5.41, 5.74) is 2.37. The van der Waals surface area contributed by atoms with E-state index in [1.807, 2.05) is 24.3 Å². The van der Waals surface area contributed by atoms with Gasteiger partial charge in [0.2, 0.25) is 10.0 Å². The largest absolute Gasteiger partial charge is 0.451 e. The van der Waals surface area contributed by atoms with Crippen molar-refractivity contribution in [2.45, 2.75) is 37.8 Å². The summed E-state index contributed by atoms with van der Waals surface area (Å²) in [6.07, 6.45) is -0.169. The summed E-state index contributed by atoms with van der Waals surface area (Å²) < 4.78 is 32.3. The molecule has 7 heteroatoms. The van der Waals surface area contributed by atoms with Gasteiger partial charge in [-0.15, -0.1) is 0 Å². The van der Waals surface area contributed by atoms with E-state index in [0.717, 1.165) is 5.56 Å². The van der Waals surface area contributed by atoms with E-state index in [-0.39, 0.29) is 16.2 Å². The molecule has 2 aromatic rings. The van der Waals surface area contributed by atoms with Crippen molar-refractivity contribution < 1.29 is 22.7 Å². The molecule has 0 radical (unpaired) electrons. The quantitative estimate of drug-likeness (QED) is 0.737. The Morgan fingerprint density at radius 1 is 1.04 bits per heavy atom. The number of esters is 1. The highest BCUT2D eigenvalue weighted by Crippen LogP contribution is 2.25. The van der Waals surface area contributed by atoms with Gasteiger partial charge in [0.1, 0.15) is 0 Å². The molecule has 0 aliphatic carbocycles. The Balaban J connectivity index is 1.76. The normalized spacial score (nSPS) is 15.6. The van der Waals surface area contributed by atoms with Gasteiger partial charge >= 0.3 is 5.97 Å². The number of hydrogen-bond donors (Lipinski definition) is 0. The molecule has 1 atom stereocenters. The summed E-state index contributed by atoms with van der Waals surface area (Å²) in [7, 11) is -3.66. The molecule has 0 spiro atoms. The first-order valence-corrected chi connectivity index (χ1v) is 10.1. The Bertz CT molecular complexity index is 966. The van der Waals surface area contributed by atoms with Crippen LogP contribution < -0.4 is 0 Å². The lowest BCUT2D eigenvalue weighted by Crippen LogP contribution is -2.35. The van der Waals surface area contributed by atoms with Crippen LogP contribution in [-0.2, 0) is 32.5 Å². The smallest absolute Gasteiger partial charge is 0.338 e. The average Bonchev–Trinajstić information content (AvgIpc) is 2.67. The molecule has 0 amide bonds. The fourth-order valence-corrected chi connectivity index (χ4v) is 4.32. The second-order valence-electron chi connectivity index (χ2n) is 6.54. The number of hydrogen-bond acceptors (Lipinski definition) is 5. The van der Waals surface area contributed by atoms with Crippen LogP contribution in [0.25, 0.3) is 0 Å². The summed E-state index contributed by atoms with van der Waals surface area (Å²) in [6, 6.07) is 13.4. The minimum Gasteiger partial charge on any atom is -0.451 e. The molecule has 142 valence electrons. The lowest BCUT2D eigenvalue weighted by molar-refractivity contribution is -0.124. The van der Waals surface area contributed by atoms with Crippen LogP contribution in [0.4, 0.5) is 0 Å². The summed E-state index contributed by atoms with van der Waals surface area (Å²) in [6.45, 7) is 3.58. The van der Waals surface area contributed by atoms with Crippen LogP contribution in [0.3, 0.4) is 0 Å². The Morgan fingerprint density at radius 2 is 1.67 bits per heavy atom. The summed E-state index contributed by atoms with van der Waals surface area (Å²) in [5.74, 6) is -0.915. The van der Waals surface area contributed by atoms with Crippen LogP contribution in [0.15, 0.2) is 53.4 Å². The molecular formula is C20H21NO5S. The van der Waals surface area contributed by atoms with Crippen LogP contribution >= 0.6 is 0 Å². The molecule has 1 heterocycles. The molecule has 0 saturated carbocycles. The molecule has 2 aromatic carbocycles. The second kappa shape index (κ2) is 7.62. The Morgan fingerprint density at radius 3 is 2.30 bits per heavy atom. The first-order valence-electron chi connectivity index (χ1n) is 8.67. The number of fused-ring (bicyclic) bond motifs is 1. The number of Topliss-reactive ketones (excluding diaryl/α,β-unsaturated/α-hetero) is 1. The van der Waals surface area contributed by atoms with Crippen LogP contribution in [0.5, 0.6) is 0 Å². The number of sulfonamides is 1. The zero-order valence-corrected chi connectivity index (χ0v) is 16.0. The highest BCUT2D eigenvalue weighted by atomic mass is 32.2. The van der Waals surface area contributed by atoms with E-state index in [4.69, 9.17) is 4.74 Å². The summed E-state index contributed by atoms with van der Waals surface area (Å²) in [4.78, 5) is 23.3. The number of benzene rings is 2. The minimum atomic E-state index is -3.66. The number of rotatable bonds is 5. The number of carbonyl (C=O) groups is 2. The topological polar surface area (TPSA) is 80.8 Å². The zero-order chi connectivity index (χ0) is 19.6. The van der Waals surface area contributed by atoms with E-state index in [2.05, 4.69) is 0 Å². The third-order valence-electron chi connectivity index (χ3n) is 4.68. The van der Waals surface area contributed by atoms with Crippen LogP contribution in [0.2, 0.25) is 0 Å². The molecule has 6 nitrogen and oxygen atoms in total. The van der Waals surface area contributed by atoms with E-state index >= 15 is 0 Å². The minimum absolute atomic E-state index is 0.123. The highest BCUT2D eigenvalue weighted by Gasteiger charge is 2.28. The highest BCUT2D eigenvalue weighted by molar-refractivity contribution is 7.89. The van der Waals surface area contributed by atoms with Gasteiger partial charge in [0.25, 0.3) is 0 Å². The lowest BCUT2D eigenvalue weighted by atomic mass is 10.0. The monoisotopic (exact) mass is 387 g/mol. The van der Waals surface area contributed by atoms with Crippen molar-refractivity contribution >= 4 is 21.8 Å². The third kappa shape index (κ3) is 4.09. The molecule has 1 unspecified atom stereocenters. The van der Waals surface area contributed by atoms with Gasteiger partial charge in [0.05, 0.1) is 10.5 Å². The summed E-state index contributed by atoms with van der Waals surface area (Å²) in [5, 5.41) is 0. The molecule has 3 rings (SSSR count). The molecule has 1 aliphatic heterocycles. The van der Waals surface area contributed by atoms with E-state index in [9.17, 15) is 18.0 Å². The number of ketones is 1. The predicted molar refractivity (Wildman–Crippen MR) is 99.7 cm³/mol. The molecule has 0 saturated heterocycles. The van der Waals surface area contributed by atoms with Gasteiger partial charge in [-0.1, -0.05) is 24.3 Å². The zero-order valence-electron chi connectivity index (χ0n) is 15.2. The van der Waals surface area contributed by atoms with Gasteiger partial charge < -0.3 is 4.74 Å². The van der Waals surface area contributed by atoms with E-state index in [1.54, 1.807) is 0 Å². The maximum absolute atomic E-state index is 12.9. The van der Waals surface area contributed by atoms with Gasteiger partial charge in [-0.3, -0.25) is 4.79 Å². The fourth-order valence-electron chi connectivity index (χ4n) is 2.90.